The Balaban J connectivity index is 1.44. The highest BCUT2D eigenvalue weighted by Gasteiger charge is 2.22. The third-order valence-corrected chi connectivity index (χ3v) is 5.28. The lowest BCUT2D eigenvalue weighted by Gasteiger charge is -2.14. The molecule has 1 aliphatic rings. The Bertz CT molecular complexity index is 1030. The maximum atomic E-state index is 12.7. The third-order valence-electron chi connectivity index (χ3n) is 5.28. The van der Waals surface area contributed by atoms with Crippen LogP contribution >= 0.6 is 0 Å². The molecule has 1 fully saturated rings. The Kier molecular flexibility index (Phi) is 5.00. The molecule has 4 rings (SSSR count). The maximum absolute atomic E-state index is 12.7. The zero-order valence-corrected chi connectivity index (χ0v) is 16.0. The van der Waals surface area contributed by atoms with Crippen LogP contribution in [0.4, 0.5) is 0 Å². The number of nitrogens with one attached hydrogen (secondary N) is 1. The first-order valence-corrected chi connectivity index (χ1v) is 9.46. The molecule has 0 aliphatic carbocycles. The van der Waals surface area contributed by atoms with Gasteiger partial charge in [0.05, 0.1) is 11.6 Å². The molecular formula is C21H23N3O4. The van der Waals surface area contributed by atoms with E-state index in [1.165, 1.54) is 0 Å². The fourth-order valence-electron chi connectivity index (χ4n) is 3.75. The Morgan fingerprint density at radius 1 is 1.32 bits per heavy atom. The van der Waals surface area contributed by atoms with Gasteiger partial charge in [0, 0.05) is 35.5 Å². The fourth-order valence-corrected chi connectivity index (χ4v) is 3.75. The molecule has 1 aliphatic heterocycles. The quantitative estimate of drug-likeness (QED) is 0.523. The Hall–Kier alpha value is -2.93. The van der Waals surface area contributed by atoms with Crippen molar-refractivity contribution >= 4 is 22.7 Å². The van der Waals surface area contributed by atoms with Gasteiger partial charge < -0.3 is 14.0 Å². The van der Waals surface area contributed by atoms with Crippen molar-refractivity contribution in [2.75, 3.05) is 13.2 Å². The van der Waals surface area contributed by atoms with Gasteiger partial charge in [0.25, 0.3) is 0 Å². The zero-order chi connectivity index (χ0) is 19.7. The van der Waals surface area contributed by atoms with E-state index in [2.05, 4.69) is 14.8 Å². The molecule has 0 unspecified atom stereocenters. The van der Waals surface area contributed by atoms with Crippen molar-refractivity contribution in [1.29, 1.82) is 0 Å². The Morgan fingerprint density at radius 3 is 2.93 bits per heavy atom. The number of H-pyrrole nitrogens is 1. The van der Waals surface area contributed by atoms with Gasteiger partial charge in [-0.25, -0.2) is 4.79 Å². The van der Waals surface area contributed by atoms with Crippen LogP contribution in [0.3, 0.4) is 0 Å². The molecule has 1 saturated heterocycles. The minimum absolute atomic E-state index is 0.187. The number of ether oxygens (including phenoxy) is 2. The van der Waals surface area contributed by atoms with E-state index in [1.807, 2.05) is 38.1 Å². The highest BCUT2D eigenvalue weighted by molar-refractivity contribution is 6.04. The molecule has 3 aromatic rings. The third kappa shape index (κ3) is 3.45. The Labute approximate surface area is 162 Å². The first-order valence-electron chi connectivity index (χ1n) is 9.46. The Morgan fingerprint density at radius 2 is 2.14 bits per heavy atom. The topological polar surface area (TPSA) is 86.2 Å². The normalized spacial score (nSPS) is 16.6. The number of nitrogens with zero attached hydrogens (tertiary/aromatic N) is 2. The first-order chi connectivity index (χ1) is 13.5. The maximum Gasteiger partial charge on any atom is 0.359 e. The van der Waals surface area contributed by atoms with Gasteiger partial charge in [-0.05, 0) is 38.8 Å². The smallest absolute Gasteiger partial charge is 0.359 e. The minimum atomic E-state index is -0.612. The number of aromatic amines is 1. The molecule has 28 heavy (non-hydrogen) atoms. The summed E-state index contributed by atoms with van der Waals surface area (Å²) in [6, 6.07) is 9.14. The summed E-state index contributed by atoms with van der Waals surface area (Å²) in [7, 11) is 0. The van der Waals surface area contributed by atoms with E-state index in [-0.39, 0.29) is 24.2 Å². The number of aryl methyl sites for hydroxylation is 1. The molecule has 0 spiro atoms. The zero-order valence-electron chi connectivity index (χ0n) is 16.0. The average molecular weight is 381 g/mol. The van der Waals surface area contributed by atoms with Gasteiger partial charge in [0.2, 0.25) is 5.78 Å². The van der Waals surface area contributed by atoms with E-state index in [9.17, 15) is 9.59 Å². The summed E-state index contributed by atoms with van der Waals surface area (Å²) in [6.45, 7) is 5.11. The summed E-state index contributed by atoms with van der Waals surface area (Å²) in [4.78, 5) is 25.0. The van der Waals surface area contributed by atoms with Gasteiger partial charge in [-0.2, -0.15) is 5.10 Å². The number of hydrogen-bond donors (Lipinski definition) is 1. The van der Waals surface area contributed by atoms with E-state index < -0.39 is 5.97 Å². The van der Waals surface area contributed by atoms with E-state index in [0.29, 0.717) is 10.9 Å². The number of fused-ring (bicyclic) bond motifs is 1. The summed E-state index contributed by atoms with van der Waals surface area (Å²) >= 11 is 0. The van der Waals surface area contributed by atoms with Crippen LogP contribution < -0.4 is 0 Å². The van der Waals surface area contributed by atoms with Gasteiger partial charge in [0.1, 0.15) is 0 Å². The minimum Gasteiger partial charge on any atom is -0.452 e. The number of aromatic nitrogens is 3. The lowest BCUT2D eigenvalue weighted by atomic mass is 10.1. The molecule has 7 heteroatoms. The molecule has 0 amide bonds. The summed E-state index contributed by atoms with van der Waals surface area (Å²) in [5.41, 5.74) is 3.39. The standard InChI is InChI=1S/C21H23N3O4/c1-13-10-17(14(2)24(13)11-15-6-5-9-27-15)19(25)12-28-21(26)20-16-7-3-4-8-18(16)22-23-20/h3-4,7-8,10,15H,5-6,9,11-12H2,1-2H3,(H,22,23)/t15-/m0/s1. The van der Waals surface area contributed by atoms with Crippen molar-refractivity contribution in [2.45, 2.75) is 39.3 Å². The van der Waals surface area contributed by atoms with Crippen molar-refractivity contribution in [3.63, 3.8) is 0 Å². The fraction of sp³-hybridized carbons (Fsp3) is 0.381. The van der Waals surface area contributed by atoms with Crippen LogP contribution in [0.25, 0.3) is 10.9 Å². The van der Waals surface area contributed by atoms with Gasteiger partial charge in [-0.15, -0.1) is 0 Å². The van der Waals surface area contributed by atoms with Crippen LogP contribution in [0.1, 0.15) is 45.1 Å². The predicted molar refractivity (Wildman–Crippen MR) is 104 cm³/mol. The largest absolute Gasteiger partial charge is 0.452 e. The number of esters is 1. The molecular weight excluding hydrogens is 358 g/mol. The van der Waals surface area contributed by atoms with Crippen LogP contribution in [-0.4, -0.2) is 45.8 Å². The second-order valence-electron chi connectivity index (χ2n) is 7.15. The van der Waals surface area contributed by atoms with Gasteiger partial charge in [0.15, 0.2) is 12.3 Å². The summed E-state index contributed by atoms with van der Waals surface area (Å²) in [5.74, 6) is -0.834. The second kappa shape index (κ2) is 7.59. The van der Waals surface area contributed by atoms with E-state index >= 15 is 0 Å². The van der Waals surface area contributed by atoms with E-state index in [4.69, 9.17) is 9.47 Å². The molecule has 146 valence electrons. The number of ketones is 1. The number of benzene rings is 1. The second-order valence-corrected chi connectivity index (χ2v) is 7.15. The van der Waals surface area contributed by atoms with Crippen molar-refractivity contribution in [3.05, 3.63) is 53.0 Å². The van der Waals surface area contributed by atoms with Crippen molar-refractivity contribution in [1.82, 2.24) is 14.8 Å². The van der Waals surface area contributed by atoms with Gasteiger partial charge in [-0.3, -0.25) is 9.89 Å². The first kappa shape index (κ1) is 18.4. The van der Waals surface area contributed by atoms with Crippen LogP contribution in [0.15, 0.2) is 30.3 Å². The number of para-hydroxylation sites is 1. The molecule has 7 nitrogen and oxygen atoms in total. The summed E-state index contributed by atoms with van der Waals surface area (Å²) in [5, 5.41) is 7.48. The molecule has 1 aromatic carbocycles. The highest BCUT2D eigenvalue weighted by Crippen LogP contribution is 2.21. The van der Waals surface area contributed by atoms with Crippen LogP contribution in [0.5, 0.6) is 0 Å². The van der Waals surface area contributed by atoms with Gasteiger partial charge in [-0.1, -0.05) is 18.2 Å². The molecule has 0 saturated carbocycles. The highest BCUT2D eigenvalue weighted by atomic mass is 16.5. The monoisotopic (exact) mass is 381 g/mol. The summed E-state index contributed by atoms with van der Waals surface area (Å²) in [6.07, 6.45) is 2.31. The van der Waals surface area contributed by atoms with Crippen molar-refractivity contribution in [2.24, 2.45) is 0 Å². The van der Waals surface area contributed by atoms with Gasteiger partial charge >= 0.3 is 5.97 Å². The summed E-state index contributed by atoms with van der Waals surface area (Å²) < 4.78 is 13.1. The molecule has 1 atom stereocenters. The van der Waals surface area contributed by atoms with E-state index in [0.717, 1.165) is 42.9 Å². The SMILES string of the molecule is Cc1cc(C(=O)COC(=O)c2n[nH]c3ccccc23)c(C)n1C[C@@H]1CCCO1. The van der Waals surface area contributed by atoms with E-state index in [1.54, 1.807) is 6.07 Å². The molecule has 3 heterocycles. The van der Waals surface area contributed by atoms with Crippen LogP contribution in [0.2, 0.25) is 0 Å². The lowest BCUT2D eigenvalue weighted by molar-refractivity contribution is 0.0470. The van der Waals surface area contributed by atoms with Crippen LogP contribution in [-0.2, 0) is 16.0 Å². The molecule has 0 radical (unpaired) electrons. The van der Waals surface area contributed by atoms with Crippen molar-refractivity contribution in [3.8, 4) is 0 Å². The molecule has 0 bridgehead atoms. The number of carbonyl (C=O) groups excluding carboxylic acids is 2. The molecule has 1 N–H and O–H groups in total. The lowest BCUT2D eigenvalue weighted by Crippen LogP contribution is -2.18. The number of Topliss-reactive ketones (excluding diaryl/α,β-unsaturated/α-hetero) is 1. The van der Waals surface area contributed by atoms with Crippen LogP contribution in [0, 0.1) is 13.8 Å². The average Bonchev–Trinajstić information content (AvgIpc) is 3.42. The number of carbonyl (C=O) groups is 2. The predicted octanol–water partition coefficient (Wildman–Crippen LogP) is 3.20. The number of hydrogen-bond acceptors (Lipinski definition) is 5. The van der Waals surface area contributed by atoms with Crippen molar-refractivity contribution < 1.29 is 19.1 Å². The molecule has 2 aromatic heterocycles. The number of rotatable bonds is 6.